The van der Waals surface area contributed by atoms with Crippen molar-refractivity contribution in [1.82, 2.24) is 4.98 Å². The Labute approximate surface area is 152 Å². The van der Waals surface area contributed by atoms with Gasteiger partial charge in [-0.3, -0.25) is 4.57 Å². The van der Waals surface area contributed by atoms with Crippen molar-refractivity contribution < 1.29 is 23.5 Å². The third-order valence-electron chi connectivity index (χ3n) is 4.11. The van der Waals surface area contributed by atoms with Crippen LogP contribution in [0.2, 0.25) is 0 Å². The number of fused-ring (bicyclic) bond motifs is 3. The molecule has 0 atom stereocenters. The number of anilines is 1. The summed E-state index contributed by atoms with van der Waals surface area (Å²) in [6, 6.07) is 9.62. The third-order valence-corrected chi connectivity index (χ3v) is 5.46. The van der Waals surface area contributed by atoms with E-state index in [2.05, 4.69) is 4.98 Å². The lowest BCUT2D eigenvalue weighted by Gasteiger charge is -2.15. The van der Waals surface area contributed by atoms with Crippen molar-refractivity contribution in [3.8, 4) is 28.1 Å². The summed E-state index contributed by atoms with van der Waals surface area (Å²) in [6.45, 7) is 0. The predicted molar refractivity (Wildman–Crippen MR) is 97.7 cm³/mol. The number of hydrogen-bond donors (Lipinski definition) is 3. The van der Waals surface area contributed by atoms with Gasteiger partial charge in [-0.1, -0.05) is 18.2 Å². The zero-order valence-electron chi connectivity index (χ0n) is 13.3. The number of nitrogens with zero attached hydrogens (tertiary/aromatic N) is 1. The molecule has 4 N–H and O–H groups in total. The number of benzene rings is 2. The van der Waals surface area contributed by atoms with E-state index in [9.17, 15) is 8.96 Å². The van der Waals surface area contributed by atoms with Crippen LogP contribution in [0.25, 0.3) is 22.4 Å². The molecule has 0 bridgehead atoms. The van der Waals surface area contributed by atoms with Gasteiger partial charge in [0.1, 0.15) is 11.6 Å². The normalized spacial score (nSPS) is 12.7. The third kappa shape index (κ3) is 3.12. The van der Waals surface area contributed by atoms with Gasteiger partial charge >= 0.3 is 7.60 Å². The second-order valence-corrected chi connectivity index (χ2v) is 8.61. The first-order valence-corrected chi connectivity index (χ1v) is 10.3. The summed E-state index contributed by atoms with van der Waals surface area (Å²) in [5, 5.41) is 0.425. The molecule has 6 nitrogen and oxygen atoms in total. The molecule has 1 aliphatic carbocycles. The Hall–Kier alpha value is -2.25. The van der Waals surface area contributed by atoms with Crippen LogP contribution in [0.5, 0.6) is 5.75 Å². The van der Waals surface area contributed by atoms with E-state index in [0.717, 1.165) is 21.6 Å². The standard InChI is InChI=1S/C17H14FN2O4PS/c18-10-3-1-9(2-4-10)11-5-6-13(24-8-25(21,22)23)15-12(11)7-14-16(15)20-17(19)26-14/h1-6H,7-8H2,(H2,19,20)(H2,21,22,23). The average Bonchev–Trinajstić information content (AvgIpc) is 3.09. The van der Waals surface area contributed by atoms with Crippen molar-refractivity contribution in [1.29, 1.82) is 0 Å². The molecule has 0 unspecified atom stereocenters. The first-order chi connectivity index (χ1) is 12.3. The molecule has 9 heteroatoms. The van der Waals surface area contributed by atoms with Crippen molar-refractivity contribution in [2.45, 2.75) is 6.42 Å². The lowest BCUT2D eigenvalue weighted by molar-refractivity contribution is 0.301. The summed E-state index contributed by atoms with van der Waals surface area (Å²) >= 11 is 1.37. The maximum atomic E-state index is 13.2. The number of nitrogens with two attached hydrogens (primary N) is 1. The number of hydrogen-bond acceptors (Lipinski definition) is 5. The summed E-state index contributed by atoms with van der Waals surface area (Å²) < 4.78 is 29.8. The van der Waals surface area contributed by atoms with Crippen LogP contribution in [0.4, 0.5) is 9.52 Å². The first kappa shape index (κ1) is 17.2. The molecule has 0 saturated carbocycles. The lowest BCUT2D eigenvalue weighted by Crippen LogP contribution is -2.01. The van der Waals surface area contributed by atoms with E-state index in [0.29, 0.717) is 28.6 Å². The highest BCUT2D eigenvalue weighted by molar-refractivity contribution is 7.51. The Morgan fingerprint density at radius 3 is 2.65 bits per heavy atom. The van der Waals surface area contributed by atoms with Gasteiger partial charge in [0.15, 0.2) is 11.5 Å². The largest absolute Gasteiger partial charge is 0.480 e. The van der Waals surface area contributed by atoms with Gasteiger partial charge in [-0.15, -0.1) is 11.3 Å². The van der Waals surface area contributed by atoms with Crippen LogP contribution in [-0.4, -0.2) is 21.1 Å². The fourth-order valence-corrected chi connectivity index (χ4v) is 4.25. The van der Waals surface area contributed by atoms with Gasteiger partial charge in [0.05, 0.1) is 5.69 Å². The molecule has 4 rings (SSSR count). The van der Waals surface area contributed by atoms with Crippen LogP contribution in [-0.2, 0) is 11.0 Å². The van der Waals surface area contributed by atoms with Crippen LogP contribution in [0.15, 0.2) is 36.4 Å². The minimum Gasteiger partial charge on any atom is -0.480 e. The van der Waals surface area contributed by atoms with Crippen molar-refractivity contribution in [2.24, 2.45) is 0 Å². The van der Waals surface area contributed by atoms with E-state index in [1.54, 1.807) is 24.3 Å². The van der Waals surface area contributed by atoms with Gasteiger partial charge in [0, 0.05) is 16.9 Å². The molecule has 26 heavy (non-hydrogen) atoms. The minimum absolute atomic E-state index is 0.319. The number of thiazole rings is 1. The Balaban J connectivity index is 1.85. The van der Waals surface area contributed by atoms with E-state index >= 15 is 0 Å². The Bertz CT molecular complexity index is 1050. The van der Waals surface area contributed by atoms with E-state index in [-0.39, 0.29) is 5.82 Å². The molecule has 0 amide bonds. The molecule has 0 saturated heterocycles. The zero-order chi connectivity index (χ0) is 18.5. The van der Waals surface area contributed by atoms with Crippen LogP contribution in [0.1, 0.15) is 10.4 Å². The molecule has 0 aliphatic heterocycles. The summed E-state index contributed by atoms with van der Waals surface area (Å²) in [6.07, 6.45) is -0.135. The van der Waals surface area contributed by atoms with E-state index in [1.807, 2.05) is 0 Å². The van der Waals surface area contributed by atoms with Crippen LogP contribution in [0, 0.1) is 5.82 Å². The summed E-state index contributed by atoms with van der Waals surface area (Å²) in [5.74, 6) is 0.0266. The molecule has 0 spiro atoms. The van der Waals surface area contributed by atoms with E-state index in [1.165, 1.54) is 23.5 Å². The number of aromatic nitrogens is 1. The average molecular weight is 392 g/mol. The zero-order valence-corrected chi connectivity index (χ0v) is 15.1. The van der Waals surface area contributed by atoms with Crippen molar-refractivity contribution in [3.63, 3.8) is 0 Å². The summed E-state index contributed by atoms with van der Waals surface area (Å²) in [7, 11) is -4.32. The molecule has 0 fully saturated rings. The predicted octanol–water partition coefficient (Wildman–Crippen LogP) is 3.62. The lowest BCUT2D eigenvalue weighted by atomic mass is 9.95. The van der Waals surface area contributed by atoms with Crippen LogP contribution >= 0.6 is 18.9 Å². The topological polar surface area (TPSA) is 106 Å². The molecule has 3 aromatic rings. The second-order valence-electron chi connectivity index (χ2n) is 5.91. The van der Waals surface area contributed by atoms with Gasteiger partial charge in [-0.2, -0.15) is 0 Å². The maximum Gasteiger partial charge on any atom is 0.362 e. The number of rotatable bonds is 4. The van der Waals surface area contributed by atoms with Gasteiger partial charge in [0.2, 0.25) is 0 Å². The maximum absolute atomic E-state index is 13.2. The van der Waals surface area contributed by atoms with Crippen molar-refractivity contribution in [2.75, 3.05) is 12.1 Å². The molecular weight excluding hydrogens is 378 g/mol. The molecule has 1 aromatic heterocycles. The minimum atomic E-state index is -4.32. The number of ether oxygens (including phenoxy) is 1. The van der Waals surface area contributed by atoms with E-state index in [4.69, 9.17) is 20.3 Å². The highest BCUT2D eigenvalue weighted by Crippen LogP contribution is 2.49. The first-order valence-electron chi connectivity index (χ1n) is 7.66. The SMILES string of the molecule is Nc1nc2c(s1)Cc1c(-c3ccc(F)cc3)ccc(OCP(=O)(O)O)c1-2. The Kier molecular flexibility index (Phi) is 4.08. The fraction of sp³-hybridized carbons (Fsp3) is 0.118. The second kappa shape index (κ2) is 6.17. The van der Waals surface area contributed by atoms with Crippen LogP contribution < -0.4 is 10.5 Å². The van der Waals surface area contributed by atoms with Crippen molar-refractivity contribution >= 4 is 24.1 Å². The number of nitrogen functional groups attached to an aromatic ring is 1. The van der Waals surface area contributed by atoms with Gasteiger partial charge < -0.3 is 20.3 Å². The quantitative estimate of drug-likeness (QED) is 0.458. The summed E-state index contributed by atoms with van der Waals surface area (Å²) in [5.41, 5.74) is 9.82. The summed E-state index contributed by atoms with van der Waals surface area (Å²) in [4.78, 5) is 23.5. The molecule has 1 aliphatic rings. The Morgan fingerprint density at radius 1 is 1.23 bits per heavy atom. The molecular formula is C17H14FN2O4PS. The molecule has 0 radical (unpaired) electrons. The Morgan fingerprint density at radius 2 is 1.96 bits per heavy atom. The molecule has 134 valence electrons. The van der Waals surface area contributed by atoms with Crippen molar-refractivity contribution in [3.05, 3.63) is 52.7 Å². The monoisotopic (exact) mass is 392 g/mol. The number of halogens is 1. The smallest absolute Gasteiger partial charge is 0.362 e. The van der Waals surface area contributed by atoms with Crippen LogP contribution in [0.3, 0.4) is 0 Å². The highest BCUT2D eigenvalue weighted by Gasteiger charge is 2.30. The fourth-order valence-electron chi connectivity index (χ4n) is 3.09. The molecule has 2 aromatic carbocycles. The van der Waals surface area contributed by atoms with Gasteiger partial charge in [-0.05, 0) is 34.9 Å². The van der Waals surface area contributed by atoms with Gasteiger partial charge in [-0.25, -0.2) is 9.37 Å². The molecule has 1 heterocycles. The van der Waals surface area contributed by atoms with Gasteiger partial charge in [0.25, 0.3) is 0 Å². The van der Waals surface area contributed by atoms with E-state index < -0.39 is 13.9 Å². The highest BCUT2D eigenvalue weighted by atomic mass is 32.1.